The molecule has 0 aromatic heterocycles. The van der Waals surface area contributed by atoms with Gasteiger partial charge in [0.05, 0.1) is 19.6 Å². The van der Waals surface area contributed by atoms with Gasteiger partial charge in [-0.2, -0.15) is 0 Å². The molecule has 2 amide bonds. The number of rotatable bonds is 8. The minimum atomic E-state index is -0.394. The van der Waals surface area contributed by atoms with E-state index in [0.29, 0.717) is 48.6 Å². The van der Waals surface area contributed by atoms with Gasteiger partial charge in [-0.15, -0.1) is 0 Å². The molecule has 0 bridgehead atoms. The number of nitrogens with one attached hydrogen (secondary N) is 1. The molecule has 1 aliphatic heterocycles. The van der Waals surface area contributed by atoms with E-state index in [1.165, 1.54) is 0 Å². The molecule has 0 radical (unpaired) electrons. The predicted molar refractivity (Wildman–Crippen MR) is 92.6 cm³/mol. The second kappa shape index (κ2) is 8.86. The topological polar surface area (TPSA) is 108 Å². The Hall–Kier alpha value is -2.83. The molecule has 1 saturated heterocycles. The van der Waals surface area contributed by atoms with Crippen molar-refractivity contribution in [3.8, 4) is 5.75 Å². The van der Waals surface area contributed by atoms with Gasteiger partial charge >= 0.3 is 5.97 Å². The fourth-order valence-corrected chi connectivity index (χ4v) is 2.37. The highest BCUT2D eigenvalue weighted by Gasteiger charge is 2.23. The molecule has 7 heteroatoms. The average Bonchev–Trinajstić information content (AvgIpc) is 2.88. The first-order chi connectivity index (χ1) is 12.0. The van der Waals surface area contributed by atoms with Crippen LogP contribution >= 0.6 is 0 Å². The van der Waals surface area contributed by atoms with Gasteiger partial charge in [-0.1, -0.05) is 0 Å². The zero-order valence-corrected chi connectivity index (χ0v) is 14.2. The second-order valence-corrected chi connectivity index (χ2v) is 5.62. The van der Waals surface area contributed by atoms with Crippen LogP contribution in [0.15, 0.2) is 23.8 Å². The lowest BCUT2D eigenvalue weighted by Gasteiger charge is -2.09. The number of unbranched alkanes of at least 4 members (excludes halogenated alkanes) is 1. The number of ether oxygens (including phenoxy) is 2. The molecule has 7 nitrogen and oxygen atoms in total. The van der Waals surface area contributed by atoms with E-state index in [1.807, 2.05) is 0 Å². The quantitative estimate of drug-likeness (QED) is 0.244. The maximum Gasteiger partial charge on any atom is 0.305 e. The summed E-state index contributed by atoms with van der Waals surface area (Å²) in [7, 11) is 0. The molecule has 0 aliphatic carbocycles. The predicted octanol–water partition coefficient (Wildman–Crippen LogP) is 1.81. The van der Waals surface area contributed by atoms with E-state index >= 15 is 0 Å². The highest BCUT2D eigenvalue weighted by molar-refractivity contribution is 6.15. The molecule has 1 fully saturated rings. The Morgan fingerprint density at radius 3 is 2.80 bits per heavy atom. The van der Waals surface area contributed by atoms with E-state index < -0.39 is 5.91 Å². The van der Waals surface area contributed by atoms with Crippen LogP contribution < -0.4 is 15.8 Å². The van der Waals surface area contributed by atoms with Crippen LogP contribution in [-0.4, -0.2) is 31.0 Å². The molecule has 1 aliphatic rings. The highest BCUT2D eigenvalue weighted by Crippen LogP contribution is 2.24. The third-order valence-corrected chi connectivity index (χ3v) is 3.63. The zero-order chi connectivity index (χ0) is 18.2. The summed E-state index contributed by atoms with van der Waals surface area (Å²) in [5.41, 5.74) is 7.42. The van der Waals surface area contributed by atoms with Gasteiger partial charge in [0.15, 0.2) is 0 Å². The largest absolute Gasteiger partial charge is 0.494 e. The van der Waals surface area contributed by atoms with Crippen molar-refractivity contribution in [2.24, 2.45) is 0 Å². The summed E-state index contributed by atoms with van der Waals surface area (Å²) < 4.78 is 10.5. The van der Waals surface area contributed by atoms with Gasteiger partial charge in [-0.25, -0.2) is 0 Å². The van der Waals surface area contributed by atoms with Gasteiger partial charge in [0, 0.05) is 23.2 Å². The van der Waals surface area contributed by atoms with Crippen molar-refractivity contribution in [1.29, 1.82) is 0 Å². The van der Waals surface area contributed by atoms with Crippen molar-refractivity contribution >= 4 is 29.5 Å². The summed E-state index contributed by atoms with van der Waals surface area (Å²) in [6, 6.07) is 5.15. The zero-order valence-electron chi connectivity index (χ0n) is 14.2. The molecule has 0 unspecified atom stereocenters. The van der Waals surface area contributed by atoms with Crippen LogP contribution in [0.5, 0.6) is 5.75 Å². The average molecular weight is 346 g/mol. The molecular weight excluding hydrogens is 324 g/mol. The monoisotopic (exact) mass is 346 g/mol. The summed E-state index contributed by atoms with van der Waals surface area (Å²) in [5.74, 6) is -0.297. The third-order valence-electron chi connectivity index (χ3n) is 3.63. The van der Waals surface area contributed by atoms with Crippen molar-refractivity contribution < 1.29 is 23.9 Å². The number of amides is 2. The molecular formula is C18H22N2O5. The first-order valence-electron chi connectivity index (χ1n) is 8.22. The minimum Gasteiger partial charge on any atom is -0.494 e. The van der Waals surface area contributed by atoms with Gasteiger partial charge in [0.2, 0.25) is 5.91 Å². The first kappa shape index (κ1) is 18.5. The number of hydrogen-bond donors (Lipinski definition) is 2. The second-order valence-electron chi connectivity index (χ2n) is 5.62. The van der Waals surface area contributed by atoms with E-state index in [-0.39, 0.29) is 18.3 Å². The molecule has 1 heterocycles. The van der Waals surface area contributed by atoms with Crippen LogP contribution in [0.25, 0.3) is 6.08 Å². The number of carbonyl (C=O) groups excluding carboxylic acids is 3. The van der Waals surface area contributed by atoms with Gasteiger partial charge in [-0.05, 0) is 44.0 Å². The van der Waals surface area contributed by atoms with Crippen molar-refractivity contribution in [2.75, 3.05) is 18.9 Å². The standard InChI is InChI=1S/C18H22N2O5/c1-2-24-17(22)5-3-4-8-25-14-6-7-15(19)12(10-14)9-13-11-16(21)20-18(13)23/h6-7,9-10H,2-5,8,11,19H2,1H3,(H,20,21,23). The van der Waals surface area contributed by atoms with Crippen LogP contribution in [-0.2, 0) is 19.1 Å². The molecule has 0 atom stereocenters. The lowest BCUT2D eigenvalue weighted by atomic mass is 10.1. The Morgan fingerprint density at radius 2 is 2.12 bits per heavy atom. The van der Waals surface area contributed by atoms with Gasteiger partial charge in [-0.3, -0.25) is 19.7 Å². The smallest absolute Gasteiger partial charge is 0.305 e. The molecule has 0 saturated carbocycles. The van der Waals surface area contributed by atoms with Crippen LogP contribution in [0.3, 0.4) is 0 Å². The van der Waals surface area contributed by atoms with E-state index in [9.17, 15) is 14.4 Å². The van der Waals surface area contributed by atoms with E-state index in [4.69, 9.17) is 15.2 Å². The van der Waals surface area contributed by atoms with Crippen LogP contribution in [0.1, 0.15) is 38.2 Å². The fourth-order valence-electron chi connectivity index (χ4n) is 2.37. The Labute approximate surface area is 146 Å². The molecule has 25 heavy (non-hydrogen) atoms. The van der Waals surface area contributed by atoms with E-state index in [2.05, 4.69) is 5.32 Å². The number of anilines is 1. The number of nitrogen functional groups attached to an aromatic ring is 1. The molecule has 1 aromatic rings. The summed E-state index contributed by atoms with van der Waals surface area (Å²) in [6.45, 7) is 2.63. The fraction of sp³-hybridized carbons (Fsp3) is 0.389. The normalized spacial score (nSPS) is 15.3. The number of imide groups is 1. The van der Waals surface area contributed by atoms with Crippen molar-refractivity contribution in [3.05, 3.63) is 29.3 Å². The number of esters is 1. The number of carbonyl (C=O) groups is 3. The van der Waals surface area contributed by atoms with Crippen LogP contribution in [0.4, 0.5) is 5.69 Å². The lowest BCUT2D eigenvalue weighted by molar-refractivity contribution is -0.143. The summed E-state index contributed by atoms with van der Waals surface area (Å²) in [4.78, 5) is 34.1. The summed E-state index contributed by atoms with van der Waals surface area (Å²) in [6.07, 6.45) is 3.43. The lowest BCUT2D eigenvalue weighted by Crippen LogP contribution is -2.19. The molecule has 2 rings (SSSR count). The van der Waals surface area contributed by atoms with Gasteiger partial charge < -0.3 is 15.2 Å². The molecule has 0 spiro atoms. The Bertz CT molecular complexity index is 697. The SMILES string of the molecule is CCOC(=O)CCCCOc1ccc(N)c(C=C2CC(=O)NC2=O)c1. The number of hydrogen-bond acceptors (Lipinski definition) is 6. The van der Waals surface area contributed by atoms with Crippen molar-refractivity contribution in [1.82, 2.24) is 5.32 Å². The molecule has 3 N–H and O–H groups in total. The maximum absolute atomic E-state index is 11.6. The van der Waals surface area contributed by atoms with Crippen LogP contribution in [0.2, 0.25) is 0 Å². The van der Waals surface area contributed by atoms with E-state index in [0.717, 1.165) is 6.42 Å². The number of nitrogens with two attached hydrogens (primary N) is 1. The van der Waals surface area contributed by atoms with Gasteiger partial charge in [0.25, 0.3) is 5.91 Å². The Balaban J connectivity index is 1.89. The Morgan fingerprint density at radius 1 is 1.32 bits per heavy atom. The van der Waals surface area contributed by atoms with Crippen molar-refractivity contribution in [2.45, 2.75) is 32.6 Å². The van der Waals surface area contributed by atoms with Crippen LogP contribution in [0, 0.1) is 0 Å². The molecule has 1 aromatic carbocycles. The summed E-state index contributed by atoms with van der Waals surface area (Å²) >= 11 is 0. The first-order valence-corrected chi connectivity index (χ1v) is 8.22. The summed E-state index contributed by atoms with van der Waals surface area (Å²) in [5, 5.41) is 2.23. The molecule has 134 valence electrons. The minimum absolute atomic E-state index is 0.0528. The van der Waals surface area contributed by atoms with Crippen molar-refractivity contribution in [3.63, 3.8) is 0 Å². The maximum atomic E-state index is 11.6. The number of benzene rings is 1. The highest BCUT2D eigenvalue weighted by atomic mass is 16.5. The van der Waals surface area contributed by atoms with E-state index in [1.54, 1.807) is 31.2 Å². The third kappa shape index (κ3) is 5.63. The van der Waals surface area contributed by atoms with Gasteiger partial charge in [0.1, 0.15) is 5.75 Å². The Kier molecular flexibility index (Phi) is 6.56.